The summed E-state index contributed by atoms with van der Waals surface area (Å²) < 4.78 is 1.63. The maximum Gasteiger partial charge on any atom is 0.185 e. The minimum absolute atomic E-state index is 0.629. The molecule has 2 aromatic heterocycles. The van der Waals surface area contributed by atoms with Crippen molar-refractivity contribution in [3.63, 3.8) is 0 Å². The zero-order valence-electron chi connectivity index (χ0n) is 12.8. The number of rotatable bonds is 3. The highest BCUT2D eigenvalue weighted by atomic mass is 35.5. The summed E-state index contributed by atoms with van der Waals surface area (Å²) in [4.78, 5) is 0. The van der Waals surface area contributed by atoms with Crippen LogP contribution in [0.15, 0.2) is 60.0 Å². The van der Waals surface area contributed by atoms with Crippen LogP contribution in [0.4, 0.5) is 5.82 Å². The fourth-order valence-electron chi connectivity index (χ4n) is 2.56. The van der Waals surface area contributed by atoms with Crippen LogP contribution < -0.4 is 5.43 Å². The Balaban J connectivity index is 1.79. The normalized spacial score (nSPS) is 12.0. The van der Waals surface area contributed by atoms with Gasteiger partial charge in [0.15, 0.2) is 11.5 Å². The lowest BCUT2D eigenvalue weighted by atomic mass is 10.1. The predicted octanol–water partition coefficient (Wildman–Crippen LogP) is 3.77. The van der Waals surface area contributed by atoms with Crippen LogP contribution in [0.25, 0.3) is 16.4 Å². The highest BCUT2D eigenvalue weighted by Gasteiger charge is 2.09. The van der Waals surface area contributed by atoms with Crippen LogP contribution in [0.1, 0.15) is 12.5 Å². The van der Waals surface area contributed by atoms with E-state index in [0.29, 0.717) is 16.5 Å². The Bertz CT molecular complexity index is 1070. The molecule has 0 unspecified atom stereocenters. The topological polar surface area (TPSA) is 67.5 Å². The van der Waals surface area contributed by atoms with Gasteiger partial charge in [0.1, 0.15) is 6.33 Å². The summed E-state index contributed by atoms with van der Waals surface area (Å²) in [6.45, 7) is 1.90. The molecule has 0 fully saturated rings. The maximum atomic E-state index is 6.21. The Labute approximate surface area is 142 Å². The van der Waals surface area contributed by atoms with Gasteiger partial charge in [0.2, 0.25) is 0 Å². The third kappa shape index (κ3) is 2.47. The van der Waals surface area contributed by atoms with Crippen LogP contribution in [-0.4, -0.2) is 25.5 Å². The molecule has 0 aliphatic heterocycles. The first-order chi connectivity index (χ1) is 11.7. The molecular formula is C17H13ClN6. The van der Waals surface area contributed by atoms with Crippen molar-refractivity contribution in [1.82, 2.24) is 19.8 Å². The Kier molecular flexibility index (Phi) is 3.59. The molecule has 118 valence electrons. The molecule has 2 heterocycles. The summed E-state index contributed by atoms with van der Waals surface area (Å²) in [6, 6.07) is 15.4. The lowest BCUT2D eigenvalue weighted by molar-refractivity contribution is 0.934. The van der Waals surface area contributed by atoms with Crippen LogP contribution in [-0.2, 0) is 0 Å². The zero-order valence-corrected chi connectivity index (χ0v) is 13.6. The highest BCUT2D eigenvalue weighted by Crippen LogP contribution is 2.24. The standard InChI is InChI=1S/C17H13ClN6/c1-11(12-6-4-5-9-15(12)18)20-21-16-13-7-2-3-8-14(13)17-22-19-10-24(17)23-16/h2-10H,1H3,(H,21,23). The van der Waals surface area contributed by atoms with Gasteiger partial charge in [-0.05, 0) is 13.0 Å². The van der Waals surface area contributed by atoms with E-state index >= 15 is 0 Å². The number of nitrogens with zero attached hydrogens (tertiary/aromatic N) is 5. The molecule has 4 aromatic rings. The fraction of sp³-hybridized carbons (Fsp3) is 0.0588. The van der Waals surface area contributed by atoms with Crippen molar-refractivity contribution in [3.8, 4) is 0 Å². The Morgan fingerprint density at radius 2 is 1.83 bits per heavy atom. The van der Waals surface area contributed by atoms with E-state index in [1.165, 1.54) is 0 Å². The van der Waals surface area contributed by atoms with Crippen LogP contribution in [0.5, 0.6) is 0 Å². The average molecular weight is 337 g/mol. The van der Waals surface area contributed by atoms with Gasteiger partial charge in [0.05, 0.1) is 5.71 Å². The number of aromatic nitrogens is 4. The number of fused-ring (bicyclic) bond motifs is 3. The Hall–Kier alpha value is -2.99. The van der Waals surface area contributed by atoms with E-state index in [9.17, 15) is 0 Å². The van der Waals surface area contributed by atoms with Crippen molar-refractivity contribution >= 4 is 39.6 Å². The molecule has 0 spiro atoms. The fourth-order valence-corrected chi connectivity index (χ4v) is 2.83. The summed E-state index contributed by atoms with van der Waals surface area (Å²) in [5.41, 5.74) is 5.40. The predicted molar refractivity (Wildman–Crippen MR) is 95.6 cm³/mol. The van der Waals surface area contributed by atoms with Gasteiger partial charge in [-0.2, -0.15) is 9.62 Å². The average Bonchev–Trinajstić information content (AvgIpc) is 3.08. The van der Waals surface area contributed by atoms with Crippen LogP contribution in [0.3, 0.4) is 0 Å². The smallest absolute Gasteiger partial charge is 0.185 e. The number of hydrogen-bond acceptors (Lipinski definition) is 5. The van der Waals surface area contributed by atoms with Gasteiger partial charge in [-0.25, -0.2) is 0 Å². The Morgan fingerprint density at radius 3 is 2.67 bits per heavy atom. The first-order valence-corrected chi connectivity index (χ1v) is 7.76. The number of halogens is 1. The molecule has 0 bridgehead atoms. The van der Waals surface area contributed by atoms with Crippen LogP contribution in [0, 0.1) is 0 Å². The monoisotopic (exact) mass is 336 g/mol. The van der Waals surface area contributed by atoms with E-state index in [-0.39, 0.29) is 0 Å². The molecule has 0 amide bonds. The number of hydrazone groups is 1. The molecule has 1 N–H and O–H groups in total. The van der Waals surface area contributed by atoms with Gasteiger partial charge in [-0.1, -0.05) is 54.1 Å². The first-order valence-electron chi connectivity index (χ1n) is 7.38. The third-order valence-corrected chi connectivity index (χ3v) is 4.08. The van der Waals surface area contributed by atoms with Gasteiger partial charge in [-0.3, -0.25) is 5.43 Å². The molecule has 0 saturated heterocycles. The van der Waals surface area contributed by atoms with E-state index in [4.69, 9.17) is 11.6 Å². The van der Waals surface area contributed by atoms with Crippen molar-refractivity contribution in [2.24, 2.45) is 5.10 Å². The van der Waals surface area contributed by atoms with Gasteiger partial charge in [-0.15, -0.1) is 15.3 Å². The SMILES string of the molecule is CC(=NNc1nn2cnnc2c2ccccc12)c1ccccc1Cl. The molecule has 0 aliphatic carbocycles. The number of nitrogens with one attached hydrogen (secondary N) is 1. The molecule has 2 aromatic carbocycles. The number of hydrogen-bond donors (Lipinski definition) is 1. The summed E-state index contributed by atoms with van der Waals surface area (Å²) in [5.74, 6) is 0.629. The van der Waals surface area contributed by atoms with Crippen LogP contribution in [0.2, 0.25) is 5.02 Å². The van der Waals surface area contributed by atoms with Crippen molar-refractivity contribution in [1.29, 1.82) is 0 Å². The van der Waals surface area contributed by atoms with Gasteiger partial charge in [0.25, 0.3) is 0 Å². The van der Waals surface area contributed by atoms with Crippen molar-refractivity contribution in [3.05, 3.63) is 65.4 Å². The molecule has 4 rings (SSSR count). The summed E-state index contributed by atoms with van der Waals surface area (Å²) in [7, 11) is 0. The third-order valence-electron chi connectivity index (χ3n) is 3.75. The second kappa shape index (κ2) is 5.90. The maximum absolute atomic E-state index is 6.21. The number of anilines is 1. The quantitative estimate of drug-likeness (QED) is 0.457. The summed E-state index contributed by atoms with van der Waals surface area (Å²) in [5, 5.41) is 19.5. The zero-order chi connectivity index (χ0) is 16.5. The van der Waals surface area contributed by atoms with E-state index in [2.05, 4.69) is 25.8 Å². The summed E-state index contributed by atoms with van der Waals surface area (Å²) >= 11 is 6.21. The lowest BCUT2D eigenvalue weighted by Gasteiger charge is -2.08. The second-order valence-corrected chi connectivity index (χ2v) is 5.69. The van der Waals surface area contributed by atoms with Crippen molar-refractivity contribution in [2.75, 3.05) is 5.43 Å². The highest BCUT2D eigenvalue weighted by molar-refractivity contribution is 6.34. The van der Waals surface area contributed by atoms with Crippen molar-refractivity contribution < 1.29 is 0 Å². The number of benzene rings is 2. The second-order valence-electron chi connectivity index (χ2n) is 5.28. The minimum atomic E-state index is 0.629. The molecule has 0 saturated carbocycles. The molecule has 0 aliphatic rings. The largest absolute Gasteiger partial charge is 0.259 e. The van der Waals surface area contributed by atoms with Gasteiger partial charge in [0, 0.05) is 21.4 Å². The molecule has 0 atom stereocenters. The van der Waals surface area contributed by atoms with Crippen molar-refractivity contribution in [2.45, 2.75) is 6.92 Å². The van der Waals surface area contributed by atoms with Crippen LogP contribution >= 0.6 is 11.6 Å². The van der Waals surface area contributed by atoms with Gasteiger partial charge >= 0.3 is 0 Å². The Morgan fingerprint density at radius 1 is 1.08 bits per heavy atom. The van der Waals surface area contributed by atoms with E-state index in [1.54, 1.807) is 10.8 Å². The van der Waals surface area contributed by atoms with E-state index in [0.717, 1.165) is 22.0 Å². The van der Waals surface area contributed by atoms with E-state index in [1.807, 2.05) is 55.5 Å². The molecule has 6 nitrogen and oxygen atoms in total. The molecule has 24 heavy (non-hydrogen) atoms. The van der Waals surface area contributed by atoms with Gasteiger partial charge < -0.3 is 0 Å². The first kappa shape index (κ1) is 14.6. The lowest BCUT2D eigenvalue weighted by Crippen LogP contribution is -2.04. The minimum Gasteiger partial charge on any atom is -0.259 e. The molecule has 7 heteroatoms. The summed E-state index contributed by atoms with van der Waals surface area (Å²) in [6.07, 6.45) is 1.57. The molecular weight excluding hydrogens is 324 g/mol. The van der Waals surface area contributed by atoms with E-state index < -0.39 is 0 Å². The molecule has 0 radical (unpaired) electrons.